The summed E-state index contributed by atoms with van der Waals surface area (Å²) in [4.78, 5) is 15.1. The van der Waals surface area contributed by atoms with E-state index in [4.69, 9.17) is 15.0 Å². The molecule has 54 heavy (non-hydrogen) atoms. The highest BCUT2D eigenvalue weighted by atomic mass is 15.0. The molecule has 252 valence electrons. The lowest BCUT2D eigenvalue weighted by molar-refractivity contribution is 1.07. The van der Waals surface area contributed by atoms with Crippen molar-refractivity contribution in [3.8, 4) is 67.5 Å². The van der Waals surface area contributed by atoms with E-state index in [0.717, 1.165) is 33.0 Å². The molecule has 0 amide bonds. The van der Waals surface area contributed by atoms with Crippen LogP contribution >= 0.6 is 0 Å². The summed E-state index contributed by atoms with van der Waals surface area (Å²) >= 11 is 0. The van der Waals surface area contributed by atoms with Crippen LogP contribution in [-0.2, 0) is 0 Å². The SMILES string of the molecule is c1ccc(-c2nc(-c3ccc(-c4cccc5ccccc45)cc3)nc(-c3ccc4cc(-c5ccccc5-c5cccc6ccccc56)ccc4c3)n2)cc1. The molecular weight excluding hydrogens is 655 g/mol. The van der Waals surface area contributed by atoms with Crippen LogP contribution in [-0.4, -0.2) is 15.0 Å². The van der Waals surface area contributed by atoms with Crippen LogP contribution in [0.15, 0.2) is 200 Å². The van der Waals surface area contributed by atoms with Crippen molar-refractivity contribution in [2.24, 2.45) is 0 Å². The average molecular weight is 688 g/mol. The normalized spacial score (nSPS) is 11.3. The zero-order chi connectivity index (χ0) is 35.8. The van der Waals surface area contributed by atoms with E-state index in [0.29, 0.717) is 17.5 Å². The van der Waals surface area contributed by atoms with Gasteiger partial charge in [-0.3, -0.25) is 0 Å². The second kappa shape index (κ2) is 13.4. The quantitative estimate of drug-likeness (QED) is 0.175. The molecule has 10 aromatic rings. The number of rotatable bonds is 6. The van der Waals surface area contributed by atoms with Gasteiger partial charge in [0, 0.05) is 16.7 Å². The Hall–Kier alpha value is -7.23. The van der Waals surface area contributed by atoms with Gasteiger partial charge >= 0.3 is 0 Å². The fourth-order valence-electron chi connectivity index (χ4n) is 7.61. The number of benzene rings is 9. The first-order valence-electron chi connectivity index (χ1n) is 18.3. The molecule has 3 nitrogen and oxygen atoms in total. The molecule has 0 spiro atoms. The molecule has 1 aromatic heterocycles. The largest absolute Gasteiger partial charge is 0.208 e. The summed E-state index contributed by atoms with van der Waals surface area (Å²) in [5, 5.41) is 7.24. The highest BCUT2D eigenvalue weighted by molar-refractivity contribution is 6.02. The maximum Gasteiger partial charge on any atom is 0.164 e. The van der Waals surface area contributed by atoms with Crippen molar-refractivity contribution in [1.29, 1.82) is 0 Å². The van der Waals surface area contributed by atoms with E-state index < -0.39 is 0 Å². The Bertz CT molecular complexity index is 2970. The first kappa shape index (κ1) is 31.5. The molecule has 0 aliphatic carbocycles. The van der Waals surface area contributed by atoms with Gasteiger partial charge in [-0.05, 0) is 77.8 Å². The molecule has 0 radical (unpaired) electrons. The lowest BCUT2D eigenvalue weighted by Gasteiger charge is -2.14. The predicted octanol–water partition coefficient (Wildman–Crippen LogP) is 13.3. The van der Waals surface area contributed by atoms with Gasteiger partial charge in [-0.1, -0.05) is 188 Å². The molecule has 0 unspecified atom stereocenters. The van der Waals surface area contributed by atoms with Crippen molar-refractivity contribution in [2.45, 2.75) is 0 Å². The fraction of sp³-hybridized carbons (Fsp3) is 0. The van der Waals surface area contributed by atoms with Crippen LogP contribution in [0.5, 0.6) is 0 Å². The van der Waals surface area contributed by atoms with Crippen LogP contribution in [0.4, 0.5) is 0 Å². The van der Waals surface area contributed by atoms with Crippen LogP contribution in [0.3, 0.4) is 0 Å². The molecule has 0 fully saturated rings. The summed E-state index contributed by atoms with van der Waals surface area (Å²) in [7, 11) is 0. The van der Waals surface area contributed by atoms with E-state index in [9.17, 15) is 0 Å². The predicted molar refractivity (Wildman–Crippen MR) is 225 cm³/mol. The summed E-state index contributed by atoms with van der Waals surface area (Å²) in [6.07, 6.45) is 0. The van der Waals surface area contributed by atoms with Crippen molar-refractivity contribution in [2.75, 3.05) is 0 Å². The fourth-order valence-corrected chi connectivity index (χ4v) is 7.61. The van der Waals surface area contributed by atoms with Crippen molar-refractivity contribution >= 4 is 32.3 Å². The Morgan fingerprint density at radius 2 is 0.648 bits per heavy atom. The minimum Gasteiger partial charge on any atom is -0.208 e. The maximum atomic E-state index is 5.07. The Morgan fingerprint density at radius 3 is 1.33 bits per heavy atom. The van der Waals surface area contributed by atoms with Crippen LogP contribution in [0.1, 0.15) is 0 Å². The first-order chi connectivity index (χ1) is 26.7. The van der Waals surface area contributed by atoms with E-state index in [-0.39, 0.29) is 0 Å². The van der Waals surface area contributed by atoms with Gasteiger partial charge in [0.1, 0.15) is 0 Å². The summed E-state index contributed by atoms with van der Waals surface area (Å²) in [5.74, 6) is 1.93. The maximum absolute atomic E-state index is 5.07. The molecule has 1 heterocycles. The topological polar surface area (TPSA) is 38.7 Å². The highest BCUT2D eigenvalue weighted by Gasteiger charge is 2.15. The molecule has 9 aromatic carbocycles. The minimum absolute atomic E-state index is 0.642. The van der Waals surface area contributed by atoms with E-state index in [1.54, 1.807) is 0 Å². The van der Waals surface area contributed by atoms with Gasteiger partial charge < -0.3 is 0 Å². The molecule has 0 aliphatic rings. The third-order valence-electron chi connectivity index (χ3n) is 10.3. The van der Waals surface area contributed by atoms with Gasteiger partial charge in [-0.15, -0.1) is 0 Å². The minimum atomic E-state index is 0.642. The van der Waals surface area contributed by atoms with Crippen LogP contribution in [0.2, 0.25) is 0 Å². The van der Waals surface area contributed by atoms with Crippen molar-refractivity contribution in [3.63, 3.8) is 0 Å². The Kier molecular flexibility index (Phi) is 7.81. The standard InChI is InChI=1S/C51H33N3/c1-2-14-37(15-3-1)49-52-50(38-26-24-36(25-27-38)44-22-10-16-34-12-4-6-18-43(34)44)54-51(53-49)42-31-29-39-32-41(30-28-40(39)33-42)46-20-8-9-21-47(46)48-23-11-17-35-13-5-7-19-45(35)48/h1-33H. The van der Waals surface area contributed by atoms with Crippen LogP contribution in [0, 0.1) is 0 Å². The second-order valence-electron chi connectivity index (χ2n) is 13.6. The third-order valence-corrected chi connectivity index (χ3v) is 10.3. The van der Waals surface area contributed by atoms with Gasteiger partial charge in [-0.25, -0.2) is 15.0 Å². The molecule has 0 N–H and O–H groups in total. The summed E-state index contributed by atoms with van der Waals surface area (Å²) in [5.41, 5.74) is 10.0. The summed E-state index contributed by atoms with van der Waals surface area (Å²) < 4.78 is 0. The number of hydrogen-bond donors (Lipinski definition) is 0. The zero-order valence-corrected chi connectivity index (χ0v) is 29.4. The van der Waals surface area contributed by atoms with Gasteiger partial charge in [0.05, 0.1) is 0 Å². The first-order valence-corrected chi connectivity index (χ1v) is 18.3. The third kappa shape index (κ3) is 5.78. The van der Waals surface area contributed by atoms with Gasteiger partial charge in [-0.2, -0.15) is 0 Å². The molecule has 0 bridgehead atoms. The molecule has 0 atom stereocenters. The van der Waals surface area contributed by atoms with E-state index in [2.05, 4.69) is 170 Å². The Morgan fingerprint density at radius 1 is 0.222 bits per heavy atom. The van der Waals surface area contributed by atoms with Gasteiger partial charge in [0.15, 0.2) is 17.5 Å². The van der Waals surface area contributed by atoms with Crippen molar-refractivity contribution in [3.05, 3.63) is 200 Å². The van der Waals surface area contributed by atoms with E-state index in [1.165, 1.54) is 49.4 Å². The number of nitrogens with zero attached hydrogens (tertiary/aromatic N) is 3. The Labute approximate surface area is 313 Å². The lowest BCUT2D eigenvalue weighted by atomic mass is 9.90. The number of hydrogen-bond acceptors (Lipinski definition) is 3. The van der Waals surface area contributed by atoms with E-state index in [1.807, 2.05) is 30.3 Å². The molecule has 0 aliphatic heterocycles. The van der Waals surface area contributed by atoms with Gasteiger partial charge in [0.25, 0.3) is 0 Å². The molecule has 3 heteroatoms. The highest BCUT2D eigenvalue weighted by Crippen LogP contribution is 2.38. The summed E-state index contributed by atoms with van der Waals surface area (Å²) in [6.45, 7) is 0. The summed E-state index contributed by atoms with van der Waals surface area (Å²) in [6, 6.07) is 70.7. The Balaban J connectivity index is 1.03. The van der Waals surface area contributed by atoms with Crippen LogP contribution < -0.4 is 0 Å². The van der Waals surface area contributed by atoms with Crippen molar-refractivity contribution in [1.82, 2.24) is 15.0 Å². The molecular formula is C51H33N3. The number of fused-ring (bicyclic) bond motifs is 3. The van der Waals surface area contributed by atoms with Crippen LogP contribution in [0.25, 0.3) is 99.9 Å². The zero-order valence-electron chi connectivity index (χ0n) is 29.4. The smallest absolute Gasteiger partial charge is 0.164 e. The van der Waals surface area contributed by atoms with Gasteiger partial charge in [0.2, 0.25) is 0 Å². The molecule has 10 rings (SSSR count). The second-order valence-corrected chi connectivity index (χ2v) is 13.6. The van der Waals surface area contributed by atoms with Crippen molar-refractivity contribution < 1.29 is 0 Å². The molecule has 0 saturated heterocycles. The molecule has 0 saturated carbocycles. The number of aromatic nitrogens is 3. The lowest BCUT2D eigenvalue weighted by Crippen LogP contribution is -2.00. The monoisotopic (exact) mass is 687 g/mol. The van der Waals surface area contributed by atoms with E-state index >= 15 is 0 Å². The average Bonchev–Trinajstić information content (AvgIpc) is 3.26.